The van der Waals surface area contributed by atoms with Gasteiger partial charge in [-0.05, 0) is 19.4 Å². The minimum Gasteiger partial charge on any atom is -0.444 e. The number of aromatic nitrogens is 2. The Morgan fingerprint density at radius 3 is 2.76 bits per heavy atom. The van der Waals surface area contributed by atoms with Gasteiger partial charge in [0.15, 0.2) is 6.10 Å². The molecule has 2 rings (SSSR count). The number of nitrogens with zero attached hydrogens (tertiary/aromatic N) is 3. The minimum atomic E-state index is -0.828. The molecule has 0 aliphatic rings. The number of aryl methyl sites for hydroxylation is 1. The van der Waals surface area contributed by atoms with Crippen LogP contribution in [0.5, 0.6) is 0 Å². The zero-order chi connectivity index (χ0) is 15.4. The van der Waals surface area contributed by atoms with Gasteiger partial charge in [-0.3, -0.25) is 0 Å². The Hall–Kier alpha value is -2.32. The van der Waals surface area contributed by atoms with Gasteiger partial charge in [0.2, 0.25) is 0 Å². The fourth-order valence-corrected chi connectivity index (χ4v) is 2.20. The molecule has 2 aromatic rings. The van der Waals surface area contributed by atoms with Gasteiger partial charge in [0.05, 0.1) is 12.2 Å². The van der Waals surface area contributed by atoms with E-state index in [0.717, 1.165) is 5.56 Å². The topological polar surface area (TPSA) is 67.9 Å². The Morgan fingerprint density at radius 2 is 2.14 bits per heavy atom. The van der Waals surface area contributed by atoms with Gasteiger partial charge < -0.3 is 4.74 Å². The average molecular weight is 304 g/mol. The van der Waals surface area contributed by atoms with E-state index in [4.69, 9.17) is 21.6 Å². The smallest absolute Gasteiger partial charge is 0.344 e. The minimum absolute atomic E-state index is 0.203. The monoisotopic (exact) mass is 303 g/mol. The van der Waals surface area contributed by atoms with Crippen molar-refractivity contribution in [2.75, 3.05) is 0 Å². The van der Waals surface area contributed by atoms with Crippen molar-refractivity contribution in [2.24, 2.45) is 0 Å². The summed E-state index contributed by atoms with van der Waals surface area (Å²) >= 11 is 6.22. The highest BCUT2D eigenvalue weighted by atomic mass is 35.5. The molecule has 0 saturated carbocycles. The van der Waals surface area contributed by atoms with Crippen molar-refractivity contribution in [3.05, 3.63) is 52.3 Å². The van der Waals surface area contributed by atoms with E-state index in [1.54, 1.807) is 11.6 Å². The van der Waals surface area contributed by atoms with E-state index in [1.807, 2.05) is 36.4 Å². The molecule has 0 bridgehead atoms. The molecule has 1 heterocycles. The van der Waals surface area contributed by atoms with Crippen molar-refractivity contribution in [3.63, 3.8) is 0 Å². The molecular formula is C15H14ClN3O2. The molecule has 0 aliphatic carbocycles. The summed E-state index contributed by atoms with van der Waals surface area (Å²) in [7, 11) is 0. The van der Waals surface area contributed by atoms with Crippen molar-refractivity contribution < 1.29 is 9.53 Å². The van der Waals surface area contributed by atoms with Gasteiger partial charge in [-0.15, -0.1) is 0 Å². The van der Waals surface area contributed by atoms with Crippen LogP contribution >= 0.6 is 11.6 Å². The van der Waals surface area contributed by atoms with Crippen molar-refractivity contribution in [3.8, 4) is 6.07 Å². The number of carbonyl (C=O) groups excluding carboxylic acids is 1. The number of carbonyl (C=O) groups is 1. The zero-order valence-electron chi connectivity index (χ0n) is 11.7. The quantitative estimate of drug-likeness (QED) is 0.814. The summed E-state index contributed by atoms with van der Waals surface area (Å²) < 4.78 is 6.51. The predicted molar refractivity (Wildman–Crippen MR) is 78.0 cm³/mol. The van der Waals surface area contributed by atoms with Gasteiger partial charge in [0, 0.05) is 0 Å². The second-order valence-electron chi connectivity index (χ2n) is 4.57. The van der Waals surface area contributed by atoms with Crippen molar-refractivity contribution >= 4 is 17.6 Å². The fourth-order valence-electron chi connectivity index (χ4n) is 1.89. The average Bonchev–Trinajstić information content (AvgIpc) is 2.74. The second-order valence-corrected chi connectivity index (χ2v) is 4.93. The van der Waals surface area contributed by atoms with Gasteiger partial charge in [-0.1, -0.05) is 41.9 Å². The van der Waals surface area contributed by atoms with Crippen molar-refractivity contribution in [1.82, 2.24) is 9.78 Å². The largest absolute Gasteiger partial charge is 0.444 e. The van der Waals surface area contributed by atoms with E-state index in [2.05, 4.69) is 5.10 Å². The lowest BCUT2D eigenvalue weighted by molar-refractivity contribution is 0.0435. The highest BCUT2D eigenvalue weighted by Crippen LogP contribution is 2.22. The Kier molecular flexibility index (Phi) is 4.61. The van der Waals surface area contributed by atoms with Gasteiger partial charge in [0.1, 0.15) is 16.8 Å². The molecular weight excluding hydrogens is 290 g/mol. The normalized spacial score (nSPS) is 11.7. The first-order valence-electron chi connectivity index (χ1n) is 6.40. The van der Waals surface area contributed by atoms with Crippen LogP contribution in [0.1, 0.15) is 28.5 Å². The summed E-state index contributed by atoms with van der Waals surface area (Å²) in [5.41, 5.74) is 1.70. The first-order valence-corrected chi connectivity index (χ1v) is 6.78. The molecule has 1 aromatic carbocycles. The standard InChI is InChI=1S/C15H14ClN3O2/c1-10(8-17)21-15(20)13-11(2)18-19(14(13)16)9-12-6-4-3-5-7-12/h3-7,10H,9H2,1-2H3/t10-/m0/s1. The lowest BCUT2D eigenvalue weighted by Gasteiger charge is -2.06. The lowest BCUT2D eigenvalue weighted by Crippen LogP contribution is -2.14. The number of esters is 1. The maximum Gasteiger partial charge on any atom is 0.344 e. The number of benzene rings is 1. The van der Waals surface area contributed by atoms with Crippen molar-refractivity contribution in [2.45, 2.75) is 26.5 Å². The third kappa shape index (κ3) is 3.41. The molecule has 0 radical (unpaired) electrons. The Labute approximate surface area is 127 Å². The van der Waals surface area contributed by atoms with Crippen LogP contribution < -0.4 is 0 Å². The van der Waals surface area contributed by atoms with Crippen LogP contribution in [0, 0.1) is 18.3 Å². The number of ether oxygens (including phenoxy) is 1. The summed E-state index contributed by atoms with van der Waals surface area (Å²) in [4.78, 5) is 12.0. The van der Waals surface area contributed by atoms with Crippen LogP contribution in [-0.4, -0.2) is 21.9 Å². The Morgan fingerprint density at radius 1 is 1.48 bits per heavy atom. The summed E-state index contributed by atoms with van der Waals surface area (Å²) in [5.74, 6) is -0.633. The van der Waals surface area contributed by atoms with Crippen LogP contribution in [-0.2, 0) is 11.3 Å². The van der Waals surface area contributed by atoms with Gasteiger partial charge in [-0.2, -0.15) is 10.4 Å². The molecule has 0 amide bonds. The summed E-state index contributed by atoms with van der Waals surface area (Å²) in [6.45, 7) is 3.64. The van der Waals surface area contributed by atoms with Gasteiger partial charge in [0.25, 0.3) is 0 Å². The van der Waals surface area contributed by atoms with Crippen LogP contribution in [0.4, 0.5) is 0 Å². The van der Waals surface area contributed by atoms with Crippen LogP contribution in [0.15, 0.2) is 30.3 Å². The molecule has 0 aliphatic heterocycles. The SMILES string of the molecule is Cc1nn(Cc2ccccc2)c(Cl)c1C(=O)O[C@@H](C)C#N. The summed E-state index contributed by atoms with van der Waals surface area (Å²) in [6, 6.07) is 11.5. The molecule has 0 spiro atoms. The van der Waals surface area contributed by atoms with E-state index in [9.17, 15) is 4.79 Å². The Bertz CT molecular complexity index is 689. The molecule has 1 atom stereocenters. The van der Waals surface area contributed by atoms with Crippen LogP contribution in [0.3, 0.4) is 0 Å². The van der Waals surface area contributed by atoms with E-state index >= 15 is 0 Å². The fraction of sp³-hybridized carbons (Fsp3) is 0.267. The highest BCUT2D eigenvalue weighted by molar-refractivity contribution is 6.32. The number of halogens is 1. The highest BCUT2D eigenvalue weighted by Gasteiger charge is 2.23. The van der Waals surface area contributed by atoms with Gasteiger partial charge in [-0.25, -0.2) is 9.48 Å². The van der Waals surface area contributed by atoms with E-state index < -0.39 is 12.1 Å². The molecule has 1 aromatic heterocycles. The van der Waals surface area contributed by atoms with Gasteiger partial charge >= 0.3 is 5.97 Å². The maximum absolute atomic E-state index is 12.0. The van der Waals surface area contributed by atoms with E-state index in [-0.39, 0.29) is 10.7 Å². The summed E-state index contributed by atoms with van der Waals surface area (Å²) in [6.07, 6.45) is -0.828. The number of rotatable bonds is 4. The Balaban J connectivity index is 2.26. The molecule has 0 unspecified atom stereocenters. The molecule has 21 heavy (non-hydrogen) atoms. The third-order valence-corrected chi connectivity index (χ3v) is 3.29. The molecule has 5 nitrogen and oxygen atoms in total. The number of hydrogen-bond donors (Lipinski definition) is 0. The van der Waals surface area contributed by atoms with Crippen molar-refractivity contribution in [1.29, 1.82) is 5.26 Å². The number of nitriles is 1. The molecule has 0 fully saturated rings. The lowest BCUT2D eigenvalue weighted by atomic mass is 10.2. The first kappa shape index (κ1) is 15.1. The second kappa shape index (κ2) is 6.42. The molecule has 108 valence electrons. The molecule has 0 N–H and O–H groups in total. The van der Waals surface area contributed by atoms with E-state index in [0.29, 0.717) is 12.2 Å². The summed E-state index contributed by atoms with van der Waals surface area (Å²) in [5, 5.41) is 13.2. The van der Waals surface area contributed by atoms with Crippen LogP contribution in [0.25, 0.3) is 0 Å². The molecule has 6 heteroatoms. The first-order chi connectivity index (χ1) is 10.0. The number of hydrogen-bond acceptors (Lipinski definition) is 4. The maximum atomic E-state index is 12.0. The van der Waals surface area contributed by atoms with E-state index in [1.165, 1.54) is 6.92 Å². The predicted octanol–water partition coefficient (Wildman–Crippen LogP) is 2.96. The van der Waals surface area contributed by atoms with Crippen LogP contribution in [0.2, 0.25) is 5.15 Å². The molecule has 0 saturated heterocycles. The zero-order valence-corrected chi connectivity index (χ0v) is 12.5. The third-order valence-electron chi connectivity index (χ3n) is 2.91.